The highest BCUT2D eigenvalue weighted by Crippen LogP contribution is 2.46. The van der Waals surface area contributed by atoms with Crippen LogP contribution >= 0.6 is 0 Å². The summed E-state index contributed by atoms with van der Waals surface area (Å²) in [7, 11) is 1.86. The first kappa shape index (κ1) is 23.3. The maximum Gasteiger partial charge on any atom is 0.418 e. The highest BCUT2D eigenvalue weighted by atomic mass is 19.4. The van der Waals surface area contributed by atoms with Crippen molar-refractivity contribution in [2.24, 2.45) is 7.05 Å². The first-order chi connectivity index (χ1) is 15.4. The van der Waals surface area contributed by atoms with Crippen molar-refractivity contribution in [2.75, 3.05) is 18.5 Å². The molecular weight excluding hydrogens is 436 g/mol. The summed E-state index contributed by atoms with van der Waals surface area (Å²) >= 11 is 0. The molecule has 1 aliphatic heterocycles. The first-order valence-electron chi connectivity index (χ1n) is 10.8. The molecule has 1 unspecified atom stereocenters. The van der Waals surface area contributed by atoms with Crippen LogP contribution in [0.5, 0.6) is 5.75 Å². The SMILES string of the molecule is C[n+]1ccc2c(NCC(O)(CC(C)(C)c3cc(F)cc4c3OCC4)C(F)(F)F)cccc2c1. The monoisotopic (exact) mass is 463 g/mol. The Balaban J connectivity index is 1.65. The predicted molar refractivity (Wildman–Crippen MR) is 118 cm³/mol. The number of aromatic nitrogens is 1. The minimum absolute atomic E-state index is 0.329. The van der Waals surface area contributed by atoms with Crippen LogP contribution in [0.15, 0.2) is 48.8 Å². The second kappa shape index (κ2) is 8.17. The second-order valence-electron chi connectivity index (χ2n) is 9.40. The van der Waals surface area contributed by atoms with Gasteiger partial charge in [0.05, 0.1) is 13.2 Å². The predicted octanol–water partition coefficient (Wildman–Crippen LogP) is 4.81. The fourth-order valence-electron chi connectivity index (χ4n) is 4.59. The smallest absolute Gasteiger partial charge is 0.418 e. The standard InChI is InChI=1S/C25H27F4N2O2/c1-23(2,20-12-18(26)11-16-8-10-33-22(16)20)14-24(32,25(27,28)29)15-30-21-6-4-5-17-13-31(3)9-7-19(17)21/h4-7,9,11-13,30,32H,8,10,14-15H2,1-3H3/q+1. The van der Waals surface area contributed by atoms with Gasteiger partial charge in [0.2, 0.25) is 0 Å². The van der Waals surface area contributed by atoms with Crippen molar-refractivity contribution >= 4 is 16.5 Å². The van der Waals surface area contributed by atoms with Gasteiger partial charge in [-0.2, -0.15) is 13.2 Å². The summed E-state index contributed by atoms with van der Waals surface area (Å²) < 4.78 is 64.2. The van der Waals surface area contributed by atoms with E-state index in [1.807, 2.05) is 29.9 Å². The molecule has 0 saturated carbocycles. The number of nitrogens with zero attached hydrogens (tertiary/aromatic N) is 1. The lowest BCUT2D eigenvalue weighted by molar-refractivity contribution is -0.670. The van der Waals surface area contributed by atoms with Crippen LogP contribution in [0.1, 0.15) is 31.4 Å². The van der Waals surface area contributed by atoms with E-state index < -0.39 is 36.0 Å². The van der Waals surface area contributed by atoms with Crippen LogP contribution in [0.4, 0.5) is 23.2 Å². The maximum atomic E-state index is 14.2. The Hall–Kier alpha value is -2.87. The zero-order chi connectivity index (χ0) is 24.0. The molecule has 0 saturated heterocycles. The van der Waals surface area contributed by atoms with Gasteiger partial charge in [0, 0.05) is 40.1 Å². The van der Waals surface area contributed by atoms with E-state index in [4.69, 9.17) is 4.74 Å². The van der Waals surface area contributed by atoms with E-state index in [1.165, 1.54) is 12.1 Å². The number of alkyl halides is 3. The Morgan fingerprint density at radius 1 is 1.15 bits per heavy atom. The van der Waals surface area contributed by atoms with E-state index in [-0.39, 0.29) is 0 Å². The summed E-state index contributed by atoms with van der Waals surface area (Å²) in [6.45, 7) is 2.74. The number of fused-ring (bicyclic) bond motifs is 2. The lowest BCUT2D eigenvalue weighted by atomic mass is 9.74. The second-order valence-corrected chi connectivity index (χ2v) is 9.40. The van der Waals surface area contributed by atoms with Gasteiger partial charge in [-0.15, -0.1) is 0 Å². The van der Waals surface area contributed by atoms with Gasteiger partial charge in [-0.25, -0.2) is 8.96 Å². The molecule has 3 aromatic rings. The van der Waals surface area contributed by atoms with Crippen molar-refractivity contribution < 1.29 is 32.0 Å². The molecule has 0 spiro atoms. The van der Waals surface area contributed by atoms with Crippen molar-refractivity contribution in [1.29, 1.82) is 0 Å². The summed E-state index contributed by atoms with van der Waals surface area (Å²) in [6, 6.07) is 9.65. The number of hydrogen-bond acceptors (Lipinski definition) is 3. The number of benzene rings is 2. The molecule has 4 rings (SSSR count). The molecule has 0 aliphatic carbocycles. The Kier molecular flexibility index (Phi) is 5.76. The van der Waals surface area contributed by atoms with E-state index in [2.05, 4.69) is 5.32 Å². The van der Waals surface area contributed by atoms with Crippen LogP contribution in [0.25, 0.3) is 10.8 Å². The van der Waals surface area contributed by atoms with E-state index in [0.29, 0.717) is 35.6 Å². The van der Waals surface area contributed by atoms with Crippen LogP contribution in [0.2, 0.25) is 0 Å². The van der Waals surface area contributed by atoms with Crippen molar-refractivity contribution in [3.05, 3.63) is 65.7 Å². The number of anilines is 1. The van der Waals surface area contributed by atoms with Crippen LogP contribution in [-0.4, -0.2) is 30.0 Å². The maximum absolute atomic E-state index is 14.2. The number of pyridine rings is 1. The van der Waals surface area contributed by atoms with Crippen LogP contribution < -0.4 is 14.6 Å². The number of hydrogen-bond donors (Lipinski definition) is 2. The van der Waals surface area contributed by atoms with E-state index >= 15 is 0 Å². The fourth-order valence-corrected chi connectivity index (χ4v) is 4.59. The van der Waals surface area contributed by atoms with Crippen LogP contribution in [0, 0.1) is 5.82 Å². The Bertz CT molecular complexity index is 1190. The van der Waals surface area contributed by atoms with Gasteiger partial charge in [-0.3, -0.25) is 0 Å². The molecule has 0 radical (unpaired) electrons. The topological polar surface area (TPSA) is 45.4 Å². The summed E-state index contributed by atoms with van der Waals surface area (Å²) in [5.74, 6) is -0.110. The third-order valence-corrected chi connectivity index (χ3v) is 6.27. The number of aliphatic hydroxyl groups is 1. The average molecular weight is 463 g/mol. The normalized spacial score (nSPS) is 15.8. The molecule has 2 N–H and O–H groups in total. The largest absolute Gasteiger partial charge is 0.493 e. The highest BCUT2D eigenvalue weighted by molar-refractivity contribution is 5.92. The third kappa shape index (κ3) is 4.49. The Morgan fingerprint density at radius 2 is 1.91 bits per heavy atom. The summed E-state index contributed by atoms with van der Waals surface area (Å²) in [5.41, 5.74) is -2.82. The number of halogens is 4. The number of rotatable bonds is 6. The number of aryl methyl sites for hydroxylation is 1. The summed E-state index contributed by atoms with van der Waals surface area (Å²) in [4.78, 5) is 0. The van der Waals surface area contributed by atoms with E-state index in [9.17, 15) is 22.7 Å². The molecule has 33 heavy (non-hydrogen) atoms. The molecular formula is C25H27F4N2O2+. The zero-order valence-corrected chi connectivity index (χ0v) is 18.8. The molecule has 1 atom stereocenters. The van der Waals surface area contributed by atoms with Gasteiger partial charge in [0.25, 0.3) is 0 Å². The van der Waals surface area contributed by atoms with Crippen molar-refractivity contribution in [3.8, 4) is 5.75 Å². The van der Waals surface area contributed by atoms with Gasteiger partial charge in [0.1, 0.15) is 18.6 Å². The summed E-state index contributed by atoms with van der Waals surface area (Å²) in [5, 5.41) is 15.3. The van der Waals surface area contributed by atoms with Gasteiger partial charge < -0.3 is 15.2 Å². The lowest BCUT2D eigenvalue weighted by Crippen LogP contribution is -2.53. The minimum atomic E-state index is -4.91. The molecule has 2 heterocycles. The minimum Gasteiger partial charge on any atom is -0.493 e. The highest BCUT2D eigenvalue weighted by Gasteiger charge is 2.56. The van der Waals surface area contributed by atoms with E-state index in [1.54, 1.807) is 32.2 Å². The lowest BCUT2D eigenvalue weighted by Gasteiger charge is -2.38. The number of nitrogens with one attached hydrogen (secondary N) is 1. The third-order valence-electron chi connectivity index (χ3n) is 6.27. The molecule has 0 fully saturated rings. The molecule has 8 heteroatoms. The van der Waals surface area contributed by atoms with Crippen molar-refractivity contribution in [3.63, 3.8) is 0 Å². The fraction of sp³-hybridized carbons (Fsp3) is 0.400. The quantitative estimate of drug-likeness (QED) is 0.407. The Morgan fingerprint density at radius 3 is 2.64 bits per heavy atom. The Labute approximate surface area is 189 Å². The molecule has 176 valence electrons. The van der Waals surface area contributed by atoms with Crippen LogP contribution in [0.3, 0.4) is 0 Å². The summed E-state index contributed by atoms with van der Waals surface area (Å²) in [6.07, 6.45) is -1.41. The number of ether oxygens (including phenoxy) is 1. The molecule has 4 nitrogen and oxygen atoms in total. The molecule has 1 aromatic heterocycles. The van der Waals surface area contributed by atoms with E-state index in [0.717, 1.165) is 10.8 Å². The van der Waals surface area contributed by atoms with Crippen LogP contribution in [-0.2, 0) is 18.9 Å². The van der Waals surface area contributed by atoms with Gasteiger partial charge in [-0.05, 0) is 36.1 Å². The van der Waals surface area contributed by atoms with Crippen molar-refractivity contribution in [2.45, 2.75) is 43.9 Å². The van der Waals surface area contributed by atoms with Gasteiger partial charge in [-0.1, -0.05) is 19.9 Å². The van der Waals surface area contributed by atoms with Gasteiger partial charge >= 0.3 is 6.18 Å². The molecule has 2 aromatic carbocycles. The average Bonchev–Trinajstić information content (AvgIpc) is 3.18. The molecule has 0 bridgehead atoms. The van der Waals surface area contributed by atoms with Gasteiger partial charge in [0.15, 0.2) is 18.0 Å². The first-order valence-corrected chi connectivity index (χ1v) is 10.8. The molecule has 1 aliphatic rings. The zero-order valence-electron chi connectivity index (χ0n) is 18.8. The molecule has 0 amide bonds. The van der Waals surface area contributed by atoms with Crippen molar-refractivity contribution in [1.82, 2.24) is 0 Å².